The monoisotopic (exact) mass is 390 g/mol. The summed E-state index contributed by atoms with van der Waals surface area (Å²) in [5, 5.41) is 7.51. The van der Waals surface area contributed by atoms with Crippen LogP contribution in [0, 0.1) is 0 Å². The van der Waals surface area contributed by atoms with Gasteiger partial charge in [-0.3, -0.25) is 15.1 Å². The van der Waals surface area contributed by atoms with Gasteiger partial charge in [-0.15, -0.1) is 0 Å². The molecule has 0 spiro atoms. The molecule has 0 fully saturated rings. The maximum atomic E-state index is 4.82. The Bertz CT molecular complexity index is 1490. The van der Waals surface area contributed by atoms with Crippen LogP contribution in [0.2, 0.25) is 0 Å². The van der Waals surface area contributed by atoms with Crippen molar-refractivity contribution in [1.29, 1.82) is 0 Å². The van der Waals surface area contributed by atoms with Crippen molar-refractivity contribution in [2.45, 2.75) is 0 Å². The molecule has 8 nitrogen and oxygen atoms in total. The molecule has 0 aliphatic rings. The van der Waals surface area contributed by atoms with Crippen LogP contribution in [-0.2, 0) is 0 Å². The highest BCUT2D eigenvalue weighted by Crippen LogP contribution is 2.30. The lowest BCUT2D eigenvalue weighted by molar-refractivity contribution is 1.10. The SMILES string of the molecule is c1cncc(-c2ccnc3[nH]c(-c4n[nH]c5ccc(-c6ccncc6)nc45)nc23)c1. The molecule has 6 aromatic heterocycles. The molecule has 0 aliphatic heterocycles. The smallest absolute Gasteiger partial charge is 0.162 e. The van der Waals surface area contributed by atoms with Crippen LogP contribution in [0.4, 0.5) is 0 Å². The zero-order valence-electron chi connectivity index (χ0n) is 15.6. The van der Waals surface area contributed by atoms with E-state index >= 15 is 0 Å². The lowest BCUT2D eigenvalue weighted by atomic mass is 10.1. The second-order valence-corrected chi connectivity index (χ2v) is 6.78. The van der Waals surface area contributed by atoms with Gasteiger partial charge in [-0.05, 0) is 36.4 Å². The Morgan fingerprint density at radius 3 is 2.53 bits per heavy atom. The topological polar surface area (TPSA) is 109 Å². The van der Waals surface area contributed by atoms with Crippen molar-refractivity contribution in [2.75, 3.05) is 0 Å². The maximum absolute atomic E-state index is 4.82. The summed E-state index contributed by atoms with van der Waals surface area (Å²) in [5.41, 5.74) is 7.46. The lowest BCUT2D eigenvalue weighted by Gasteiger charge is -2.00. The van der Waals surface area contributed by atoms with Crippen molar-refractivity contribution in [1.82, 2.24) is 40.1 Å². The number of imidazole rings is 1. The minimum atomic E-state index is 0.611. The molecule has 0 radical (unpaired) electrons. The number of hydrogen-bond acceptors (Lipinski definition) is 6. The van der Waals surface area contributed by atoms with Crippen LogP contribution in [0.3, 0.4) is 0 Å². The van der Waals surface area contributed by atoms with Crippen LogP contribution in [0.1, 0.15) is 0 Å². The normalized spacial score (nSPS) is 11.3. The number of hydrogen-bond donors (Lipinski definition) is 2. The fourth-order valence-electron chi connectivity index (χ4n) is 3.53. The highest BCUT2D eigenvalue weighted by atomic mass is 15.2. The fraction of sp³-hybridized carbons (Fsp3) is 0. The Balaban J connectivity index is 1.52. The van der Waals surface area contributed by atoms with Crippen molar-refractivity contribution in [3.05, 3.63) is 73.4 Å². The first-order valence-electron chi connectivity index (χ1n) is 9.38. The van der Waals surface area contributed by atoms with Crippen LogP contribution in [-0.4, -0.2) is 40.1 Å². The fourth-order valence-corrected chi connectivity index (χ4v) is 3.53. The largest absolute Gasteiger partial charge is 0.321 e. The molecule has 8 heteroatoms. The molecule has 0 aromatic carbocycles. The van der Waals surface area contributed by atoms with Gasteiger partial charge in [0.15, 0.2) is 17.2 Å². The summed E-state index contributed by atoms with van der Waals surface area (Å²) >= 11 is 0. The summed E-state index contributed by atoms with van der Waals surface area (Å²) in [6, 6.07) is 13.6. The molecule has 6 heterocycles. The van der Waals surface area contributed by atoms with Gasteiger partial charge in [0.2, 0.25) is 0 Å². The molecule has 0 atom stereocenters. The second-order valence-electron chi connectivity index (χ2n) is 6.78. The van der Waals surface area contributed by atoms with Crippen LogP contribution >= 0.6 is 0 Å². The van der Waals surface area contributed by atoms with Crippen LogP contribution in [0.25, 0.3) is 56.1 Å². The number of rotatable bonds is 3. The van der Waals surface area contributed by atoms with Crippen LogP contribution in [0.15, 0.2) is 73.4 Å². The Hall–Kier alpha value is -4.46. The molecule has 30 heavy (non-hydrogen) atoms. The Kier molecular flexibility index (Phi) is 3.60. The van der Waals surface area contributed by atoms with Gasteiger partial charge in [-0.1, -0.05) is 6.07 Å². The van der Waals surface area contributed by atoms with E-state index in [1.807, 2.05) is 48.7 Å². The van der Waals surface area contributed by atoms with Crippen molar-refractivity contribution >= 4 is 22.2 Å². The average molecular weight is 390 g/mol. The first-order chi connectivity index (χ1) is 14.9. The van der Waals surface area contributed by atoms with Gasteiger partial charge in [0.05, 0.1) is 11.2 Å². The van der Waals surface area contributed by atoms with E-state index < -0.39 is 0 Å². The van der Waals surface area contributed by atoms with Crippen molar-refractivity contribution < 1.29 is 0 Å². The molecule has 142 valence electrons. The number of aromatic nitrogens is 8. The minimum absolute atomic E-state index is 0.611. The van der Waals surface area contributed by atoms with Gasteiger partial charge < -0.3 is 4.98 Å². The highest BCUT2D eigenvalue weighted by molar-refractivity contribution is 5.94. The minimum Gasteiger partial charge on any atom is -0.321 e. The third kappa shape index (κ3) is 2.62. The number of aromatic amines is 2. The van der Waals surface area contributed by atoms with Gasteiger partial charge in [0, 0.05) is 47.7 Å². The van der Waals surface area contributed by atoms with E-state index in [0.29, 0.717) is 17.2 Å². The molecular formula is C22H14N8. The summed E-state index contributed by atoms with van der Waals surface area (Å²) in [6.07, 6.45) is 8.83. The van der Waals surface area contributed by atoms with E-state index in [4.69, 9.17) is 9.97 Å². The van der Waals surface area contributed by atoms with Gasteiger partial charge in [-0.25, -0.2) is 15.0 Å². The van der Waals surface area contributed by atoms with E-state index in [9.17, 15) is 0 Å². The van der Waals surface area contributed by atoms with Crippen molar-refractivity contribution in [2.24, 2.45) is 0 Å². The summed E-state index contributed by atoms with van der Waals surface area (Å²) in [7, 11) is 0. The number of pyridine rings is 4. The molecular weight excluding hydrogens is 376 g/mol. The number of nitrogens with one attached hydrogen (secondary N) is 2. The molecule has 0 saturated carbocycles. The Morgan fingerprint density at radius 2 is 1.67 bits per heavy atom. The first-order valence-corrected chi connectivity index (χ1v) is 9.38. The predicted octanol–water partition coefficient (Wildman–Crippen LogP) is 4.02. The summed E-state index contributed by atoms with van der Waals surface area (Å²) < 4.78 is 0. The van der Waals surface area contributed by atoms with Crippen LogP contribution < -0.4 is 0 Å². The van der Waals surface area contributed by atoms with E-state index in [2.05, 4.69) is 30.1 Å². The van der Waals surface area contributed by atoms with E-state index in [0.717, 1.165) is 38.9 Å². The third-order valence-electron chi connectivity index (χ3n) is 4.97. The molecule has 0 amide bonds. The van der Waals surface area contributed by atoms with Crippen molar-refractivity contribution in [3.8, 4) is 33.9 Å². The summed E-state index contributed by atoms with van der Waals surface area (Å²) in [5.74, 6) is 0.611. The zero-order valence-corrected chi connectivity index (χ0v) is 15.6. The molecule has 0 bridgehead atoms. The first kappa shape index (κ1) is 16.5. The summed E-state index contributed by atoms with van der Waals surface area (Å²) in [6.45, 7) is 0. The van der Waals surface area contributed by atoms with Gasteiger partial charge >= 0.3 is 0 Å². The van der Waals surface area contributed by atoms with Gasteiger partial charge in [0.1, 0.15) is 11.0 Å². The highest BCUT2D eigenvalue weighted by Gasteiger charge is 2.17. The Labute approximate surface area is 170 Å². The quantitative estimate of drug-likeness (QED) is 0.472. The lowest BCUT2D eigenvalue weighted by Crippen LogP contribution is -1.87. The van der Waals surface area contributed by atoms with Gasteiger partial charge in [0.25, 0.3) is 0 Å². The summed E-state index contributed by atoms with van der Waals surface area (Å²) in [4.78, 5) is 25.6. The third-order valence-corrected chi connectivity index (χ3v) is 4.97. The number of nitrogens with zero attached hydrogens (tertiary/aromatic N) is 6. The molecule has 0 aliphatic carbocycles. The number of H-pyrrole nitrogens is 2. The van der Waals surface area contributed by atoms with E-state index in [-0.39, 0.29) is 0 Å². The molecule has 0 saturated heterocycles. The van der Waals surface area contributed by atoms with E-state index in [1.165, 1.54) is 0 Å². The standard InChI is InChI=1S/C22H14N8/c1-2-14(12-24-8-1)15-7-11-25-21-18(15)27-22(28-21)20-19-17(29-30-20)4-3-16(26-19)13-5-9-23-10-6-13/h1-12H,(H,29,30)(H,25,27,28). The van der Waals surface area contributed by atoms with Gasteiger partial charge in [-0.2, -0.15) is 5.10 Å². The predicted molar refractivity (Wildman–Crippen MR) is 113 cm³/mol. The van der Waals surface area contributed by atoms with Crippen molar-refractivity contribution in [3.63, 3.8) is 0 Å². The average Bonchev–Trinajstić information content (AvgIpc) is 3.43. The second kappa shape index (κ2) is 6.56. The molecule has 2 N–H and O–H groups in total. The Morgan fingerprint density at radius 1 is 0.733 bits per heavy atom. The molecule has 0 unspecified atom stereocenters. The van der Waals surface area contributed by atoms with E-state index in [1.54, 1.807) is 24.8 Å². The van der Waals surface area contributed by atoms with Crippen LogP contribution in [0.5, 0.6) is 0 Å². The maximum Gasteiger partial charge on any atom is 0.162 e. The molecule has 6 aromatic rings. The number of fused-ring (bicyclic) bond motifs is 2. The zero-order chi connectivity index (χ0) is 19.9. The molecule has 6 rings (SSSR count).